The van der Waals surface area contributed by atoms with Crippen molar-refractivity contribution in [1.82, 2.24) is 14.6 Å². The number of rotatable bonds is 8. The zero-order valence-electron chi connectivity index (χ0n) is 13.0. The van der Waals surface area contributed by atoms with Crippen molar-refractivity contribution in [2.75, 3.05) is 24.1 Å². The van der Waals surface area contributed by atoms with Gasteiger partial charge in [-0.1, -0.05) is 26.7 Å². The second-order valence-electron chi connectivity index (χ2n) is 5.69. The highest BCUT2D eigenvalue weighted by molar-refractivity contribution is 5.59. The molecule has 0 radical (unpaired) electrons. The van der Waals surface area contributed by atoms with Gasteiger partial charge in [0, 0.05) is 18.2 Å². The van der Waals surface area contributed by atoms with Crippen molar-refractivity contribution in [1.29, 1.82) is 0 Å². The van der Waals surface area contributed by atoms with Crippen LogP contribution in [0.4, 0.5) is 11.6 Å². The molecule has 0 unspecified atom stereocenters. The number of hydrogen-bond donors (Lipinski definition) is 3. The van der Waals surface area contributed by atoms with Gasteiger partial charge in [-0.2, -0.15) is 9.61 Å². The molecule has 2 aromatic heterocycles. The van der Waals surface area contributed by atoms with E-state index in [0.29, 0.717) is 11.7 Å². The van der Waals surface area contributed by atoms with E-state index in [1.165, 1.54) is 12.8 Å². The van der Waals surface area contributed by atoms with Crippen molar-refractivity contribution >= 4 is 17.3 Å². The molecule has 0 saturated carbocycles. The number of hydrogen-bond acceptors (Lipinski definition) is 5. The number of nitrogen functional groups attached to an aromatic ring is 1. The van der Waals surface area contributed by atoms with E-state index in [1.807, 2.05) is 12.3 Å². The van der Waals surface area contributed by atoms with Gasteiger partial charge in [-0.05, 0) is 25.3 Å². The molecule has 116 valence electrons. The first-order valence-corrected chi connectivity index (χ1v) is 7.71. The van der Waals surface area contributed by atoms with Gasteiger partial charge in [0.15, 0.2) is 5.65 Å². The monoisotopic (exact) mass is 290 g/mol. The number of nitrogens with two attached hydrogens (primary N) is 2. The van der Waals surface area contributed by atoms with Gasteiger partial charge in [-0.25, -0.2) is 4.98 Å². The van der Waals surface area contributed by atoms with Crippen molar-refractivity contribution < 1.29 is 0 Å². The molecule has 0 spiro atoms. The van der Waals surface area contributed by atoms with E-state index < -0.39 is 0 Å². The second kappa shape index (κ2) is 7.26. The van der Waals surface area contributed by atoms with Crippen LogP contribution in [0.15, 0.2) is 12.3 Å². The molecule has 6 nitrogen and oxygen atoms in total. The van der Waals surface area contributed by atoms with Crippen LogP contribution in [0.25, 0.3) is 5.65 Å². The minimum absolute atomic E-state index is 0.376. The molecule has 0 atom stereocenters. The van der Waals surface area contributed by atoms with Crippen molar-refractivity contribution in [3.8, 4) is 0 Å². The first-order chi connectivity index (χ1) is 10.1. The quantitative estimate of drug-likeness (QED) is 0.649. The van der Waals surface area contributed by atoms with Crippen LogP contribution in [0.5, 0.6) is 0 Å². The fourth-order valence-corrected chi connectivity index (χ4v) is 2.34. The van der Waals surface area contributed by atoms with Crippen molar-refractivity contribution in [2.24, 2.45) is 5.73 Å². The number of unbranched alkanes of at least 4 members (excludes halogenated alkanes) is 3. The molecular weight excluding hydrogens is 264 g/mol. The molecule has 6 heteroatoms. The number of anilines is 2. The van der Waals surface area contributed by atoms with Gasteiger partial charge < -0.3 is 16.8 Å². The van der Waals surface area contributed by atoms with Crippen LogP contribution >= 0.6 is 0 Å². The first kappa shape index (κ1) is 15.6. The summed E-state index contributed by atoms with van der Waals surface area (Å²) in [5.74, 6) is 1.81. The molecule has 0 aliphatic carbocycles. The predicted molar refractivity (Wildman–Crippen MR) is 87.5 cm³/mol. The average molecular weight is 290 g/mol. The summed E-state index contributed by atoms with van der Waals surface area (Å²) in [6.45, 7) is 5.94. The highest BCUT2D eigenvalue weighted by Gasteiger charge is 2.12. The minimum Gasteiger partial charge on any atom is -0.383 e. The lowest BCUT2D eigenvalue weighted by Gasteiger charge is -2.09. The Bertz CT molecular complexity index is 575. The molecule has 2 heterocycles. The third kappa shape index (κ3) is 3.85. The highest BCUT2D eigenvalue weighted by Crippen LogP contribution is 2.22. The third-order valence-corrected chi connectivity index (χ3v) is 3.59. The third-order valence-electron chi connectivity index (χ3n) is 3.59. The van der Waals surface area contributed by atoms with E-state index in [-0.39, 0.29) is 0 Å². The Labute approximate surface area is 125 Å². The lowest BCUT2D eigenvalue weighted by molar-refractivity contribution is 0.661. The van der Waals surface area contributed by atoms with Gasteiger partial charge in [0.2, 0.25) is 0 Å². The van der Waals surface area contributed by atoms with Crippen LogP contribution in [-0.4, -0.2) is 27.7 Å². The Kier molecular flexibility index (Phi) is 5.38. The maximum absolute atomic E-state index is 6.05. The average Bonchev–Trinajstić information content (AvgIpc) is 2.87. The second-order valence-corrected chi connectivity index (χ2v) is 5.69. The Morgan fingerprint density at radius 1 is 1.24 bits per heavy atom. The molecule has 0 bridgehead atoms. The number of aromatic nitrogens is 3. The van der Waals surface area contributed by atoms with Crippen LogP contribution in [-0.2, 0) is 0 Å². The molecule has 2 aromatic rings. The number of nitrogens with one attached hydrogen (secondary N) is 1. The Hall–Kier alpha value is -1.82. The van der Waals surface area contributed by atoms with Crippen LogP contribution in [0.3, 0.4) is 0 Å². The molecule has 5 N–H and O–H groups in total. The van der Waals surface area contributed by atoms with E-state index in [2.05, 4.69) is 29.2 Å². The van der Waals surface area contributed by atoms with Crippen molar-refractivity contribution in [3.63, 3.8) is 0 Å². The predicted octanol–water partition coefficient (Wildman–Crippen LogP) is 2.37. The zero-order valence-corrected chi connectivity index (χ0v) is 13.0. The Balaban J connectivity index is 2.02. The molecule has 0 aromatic carbocycles. The molecule has 2 rings (SSSR count). The Morgan fingerprint density at radius 3 is 2.71 bits per heavy atom. The highest BCUT2D eigenvalue weighted by atomic mass is 15.3. The Morgan fingerprint density at radius 2 is 2.00 bits per heavy atom. The summed E-state index contributed by atoms with van der Waals surface area (Å²) in [6.07, 6.45) is 6.44. The fourth-order valence-electron chi connectivity index (χ4n) is 2.34. The molecule has 0 aliphatic heterocycles. The molecule has 0 amide bonds. The smallest absolute Gasteiger partial charge is 0.163 e. The first-order valence-electron chi connectivity index (χ1n) is 7.71. The molecular formula is C15H26N6. The maximum atomic E-state index is 6.05. The lowest BCUT2D eigenvalue weighted by atomic mass is 10.1. The van der Waals surface area contributed by atoms with Gasteiger partial charge in [-0.3, -0.25) is 0 Å². The van der Waals surface area contributed by atoms with E-state index in [9.17, 15) is 0 Å². The normalized spacial score (nSPS) is 11.4. The lowest BCUT2D eigenvalue weighted by Crippen LogP contribution is -2.08. The molecule has 0 fully saturated rings. The summed E-state index contributed by atoms with van der Waals surface area (Å²) in [7, 11) is 0. The minimum atomic E-state index is 0.376. The number of nitrogens with zero attached hydrogens (tertiary/aromatic N) is 3. The largest absolute Gasteiger partial charge is 0.383 e. The van der Waals surface area contributed by atoms with Gasteiger partial charge in [0.05, 0.1) is 6.20 Å². The summed E-state index contributed by atoms with van der Waals surface area (Å²) in [5.41, 5.74) is 13.5. The summed E-state index contributed by atoms with van der Waals surface area (Å²) in [4.78, 5) is 4.64. The molecule has 0 saturated heterocycles. The number of fused-ring (bicyclic) bond motifs is 1. The van der Waals surface area contributed by atoms with Crippen LogP contribution in [0.2, 0.25) is 0 Å². The standard InChI is InChI=1S/C15H26N6/c1-11(2)12-10-19-21-13(17)9-14(20-15(12)21)18-8-6-4-3-5-7-16/h9-11H,3-8,16-17H2,1-2H3,(H,18,20). The van der Waals surface area contributed by atoms with Crippen molar-refractivity contribution in [2.45, 2.75) is 45.4 Å². The van der Waals surface area contributed by atoms with E-state index in [0.717, 1.165) is 43.0 Å². The van der Waals surface area contributed by atoms with Gasteiger partial charge in [-0.15, -0.1) is 0 Å². The van der Waals surface area contributed by atoms with Gasteiger partial charge in [0.25, 0.3) is 0 Å². The van der Waals surface area contributed by atoms with Crippen LogP contribution in [0, 0.1) is 0 Å². The van der Waals surface area contributed by atoms with E-state index >= 15 is 0 Å². The summed E-state index contributed by atoms with van der Waals surface area (Å²) in [6, 6.07) is 1.84. The van der Waals surface area contributed by atoms with E-state index in [4.69, 9.17) is 11.5 Å². The topological polar surface area (TPSA) is 94.3 Å². The van der Waals surface area contributed by atoms with Crippen LogP contribution in [0.1, 0.15) is 51.0 Å². The van der Waals surface area contributed by atoms with Gasteiger partial charge >= 0.3 is 0 Å². The van der Waals surface area contributed by atoms with Crippen molar-refractivity contribution in [3.05, 3.63) is 17.8 Å². The molecule has 0 aliphatic rings. The summed E-state index contributed by atoms with van der Waals surface area (Å²) >= 11 is 0. The van der Waals surface area contributed by atoms with Gasteiger partial charge in [0.1, 0.15) is 11.6 Å². The maximum Gasteiger partial charge on any atom is 0.163 e. The van der Waals surface area contributed by atoms with E-state index in [1.54, 1.807) is 4.52 Å². The van der Waals surface area contributed by atoms with Crippen LogP contribution < -0.4 is 16.8 Å². The zero-order chi connectivity index (χ0) is 15.2. The summed E-state index contributed by atoms with van der Waals surface area (Å²) < 4.78 is 1.70. The summed E-state index contributed by atoms with van der Waals surface area (Å²) in [5, 5.41) is 7.65. The fraction of sp³-hybridized carbons (Fsp3) is 0.600. The molecule has 21 heavy (non-hydrogen) atoms. The SMILES string of the molecule is CC(C)c1cnn2c(N)cc(NCCCCCCN)nc12.